The molecule has 0 heterocycles. The van der Waals surface area contributed by atoms with Gasteiger partial charge in [-0.2, -0.15) is 0 Å². The first-order chi connectivity index (χ1) is 9.43. The zero-order valence-corrected chi connectivity index (χ0v) is 10.8. The van der Waals surface area contributed by atoms with Gasteiger partial charge in [0.1, 0.15) is 0 Å². The molecule has 0 saturated carbocycles. The van der Waals surface area contributed by atoms with Gasteiger partial charge in [-0.3, -0.25) is 4.79 Å². The minimum Gasteiger partial charge on any atom is -0.479 e. The highest BCUT2D eigenvalue weighted by Crippen LogP contribution is 2.10. The van der Waals surface area contributed by atoms with Crippen molar-refractivity contribution in [3.05, 3.63) is 29.8 Å². The van der Waals surface area contributed by atoms with Crippen molar-refractivity contribution in [2.75, 3.05) is 19.0 Å². The molecule has 0 aliphatic rings. The monoisotopic (exact) mass is 281 g/mol. The van der Waals surface area contributed by atoms with Gasteiger partial charge in [0.15, 0.2) is 6.10 Å². The summed E-state index contributed by atoms with van der Waals surface area (Å²) >= 11 is 0. The molecule has 5 N–H and O–H groups in total. The second-order valence-electron chi connectivity index (χ2n) is 3.84. The lowest BCUT2D eigenvalue weighted by Gasteiger charge is -2.12. The lowest BCUT2D eigenvalue weighted by atomic mass is 10.2. The SMILES string of the molecule is COC(CNC(=O)c1cccc(NC(N)=O)c1)C(=O)O. The average molecular weight is 281 g/mol. The number of primary amides is 1. The number of methoxy groups -OCH3 is 1. The van der Waals surface area contributed by atoms with Crippen LogP contribution in [0.4, 0.5) is 10.5 Å². The van der Waals surface area contributed by atoms with Crippen LogP contribution in [0.5, 0.6) is 0 Å². The van der Waals surface area contributed by atoms with Crippen LogP contribution in [0.25, 0.3) is 0 Å². The smallest absolute Gasteiger partial charge is 0.334 e. The van der Waals surface area contributed by atoms with Gasteiger partial charge in [-0.05, 0) is 18.2 Å². The quantitative estimate of drug-likeness (QED) is 0.583. The van der Waals surface area contributed by atoms with E-state index >= 15 is 0 Å². The fourth-order valence-electron chi connectivity index (χ4n) is 1.44. The van der Waals surface area contributed by atoms with Crippen LogP contribution in [0.1, 0.15) is 10.4 Å². The number of carbonyl (C=O) groups is 3. The molecule has 1 rings (SSSR count). The number of nitrogens with one attached hydrogen (secondary N) is 2. The van der Waals surface area contributed by atoms with Gasteiger partial charge in [0.25, 0.3) is 5.91 Å². The summed E-state index contributed by atoms with van der Waals surface area (Å²) in [6.45, 7) is -0.169. The number of urea groups is 1. The van der Waals surface area contributed by atoms with E-state index in [4.69, 9.17) is 10.8 Å². The van der Waals surface area contributed by atoms with E-state index in [1.165, 1.54) is 19.2 Å². The Morgan fingerprint density at radius 1 is 1.40 bits per heavy atom. The van der Waals surface area contributed by atoms with Crippen LogP contribution in [0.15, 0.2) is 24.3 Å². The highest BCUT2D eigenvalue weighted by atomic mass is 16.5. The Hall–Kier alpha value is -2.61. The summed E-state index contributed by atoms with van der Waals surface area (Å²) in [4.78, 5) is 33.2. The van der Waals surface area contributed by atoms with Gasteiger partial charge in [0.05, 0.1) is 6.54 Å². The number of aliphatic carboxylic acids is 1. The number of carbonyl (C=O) groups excluding carboxylic acids is 2. The molecular weight excluding hydrogens is 266 g/mol. The van der Waals surface area contributed by atoms with E-state index < -0.39 is 24.0 Å². The summed E-state index contributed by atoms with van der Waals surface area (Å²) in [5.74, 6) is -1.65. The molecule has 0 spiro atoms. The van der Waals surface area contributed by atoms with Crippen LogP contribution in [0.3, 0.4) is 0 Å². The van der Waals surface area contributed by atoms with Crippen molar-refractivity contribution in [3.8, 4) is 0 Å². The molecule has 0 aliphatic heterocycles. The lowest BCUT2D eigenvalue weighted by Crippen LogP contribution is -2.37. The molecule has 0 aromatic heterocycles. The maximum absolute atomic E-state index is 11.8. The van der Waals surface area contributed by atoms with Crippen LogP contribution in [0.2, 0.25) is 0 Å². The van der Waals surface area contributed by atoms with Crippen molar-refractivity contribution in [3.63, 3.8) is 0 Å². The zero-order chi connectivity index (χ0) is 15.1. The molecule has 8 heteroatoms. The van der Waals surface area contributed by atoms with Crippen molar-refractivity contribution in [2.45, 2.75) is 6.10 Å². The third kappa shape index (κ3) is 4.58. The number of rotatable bonds is 6. The van der Waals surface area contributed by atoms with Crippen LogP contribution in [0, 0.1) is 0 Å². The van der Waals surface area contributed by atoms with E-state index in [9.17, 15) is 14.4 Å². The standard InChI is InChI=1S/C12H15N3O5/c1-20-9(11(17)18)6-14-10(16)7-3-2-4-8(5-7)15-12(13)19/h2-5,9H,6H2,1H3,(H,14,16)(H,17,18)(H3,13,15,19). The molecule has 20 heavy (non-hydrogen) atoms. The van der Waals surface area contributed by atoms with Gasteiger partial charge in [-0.15, -0.1) is 0 Å². The average Bonchev–Trinajstić information content (AvgIpc) is 2.38. The lowest BCUT2D eigenvalue weighted by molar-refractivity contribution is -0.148. The first-order valence-electron chi connectivity index (χ1n) is 5.64. The van der Waals surface area contributed by atoms with Crippen molar-refractivity contribution < 1.29 is 24.2 Å². The van der Waals surface area contributed by atoms with E-state index in [0.29, 0.717) is 5.69 Å². The highest BCUT2D eigenvalue weighted by molar-refractivity contribution is 5.96. The number of ether oxygens (including phenoxy) is 1. The van der Waals surface area contributed by atoms with Crippen molar-refractivity contribution in [2.24, 2.45) is 5.73 Å². The fraction of sp³-hybridized carbons (Fsp3) is 0.250. The molecule has 108 valence electrons. The fourth-order valence-corrected chi connectivity index (χ4v) is 1.44. The Labute approximate surface area is 114 Å². The van der Waals surface area contributed by atoms with Crippen LogP contribution in [-0.2, 0) is 9.53 Å². The molecule has 1 unspecified atom stereocenters. The summed E-state index contributed by atoms with van der Waals surface area (Å²) in [5.41, 5.74) is 5.60. The summed E-state index contributed by atoms with van der Waals surface area (Å²) in [6.07, 6.45) is -1.12. The molecule has 8 nitrogen and oxygen atoms in total. The molecule has 1 atom stereocenters. The number of carboxylic acids is 1. The predicted molar refractivity (Wildman–Crippen MR) is 70.4 cm³/mol. The second-order valence-corrected chi connectivity index (χ2v) is 3.84. The van der Waals surface area contributed by atoms with Crippen LogP contribution < -0.4 is 16.4 Å². The number of benzene rings is 1. The zero-order valence-electron chi connectivity index (χ0n) is 10.8. The third-order valence-corrected chi connectivity index (χ3v) is 2.40. The Morgan fingerprint density at radius 2 is 2.10 bits per heavy atom. The molecule has 0 radical (unpaired) electrons. The van der Waals surface area contributed by atoms with E-state index in [0.717, 1.165) is 0 Å². The maximum atomic E-state index is 11.8. The molecule has 1 aromatic carbocycles. The normalized spacial score (nSPS) is 11.4. The number of anilines is 1. The first kappa shape index (κ1) is 15.4. The number of nitrogens with two attached hydrogens (primary N) is 1. The van der Waals surface area contributed by atoms with E-state index in [2.05, 4.69) is 15.4 Å². The number of carboxylic acid groups (broad SMARTS) is 1. The Bertz CT molecular complexity index is 518. The third-order valence-electron chi connectivity index (χ3n) is 2.40. The van der Waals surface area contributed by atoms with Gasteiger partial charge in [-0.25, -0.2) is 9.59 Å². The Morgan fingerprint density at radius 3 is 2.65 bits per heavy atom. The van der Waals surface area contributed by atoms with Crippen molar-refractivity contribution in [1.29, 1.82) is 0 Å². The van der Waals surface area contributed by atoms with Crippen molar-refractivity contribution >= 4 is 23.6 Å². The number of hydrogen-bond acceptors (Lipinski definition) is 4. The summed E-state index contributed by atoms with van der Waals surface area (Å²) in [6, 6.07) is 5.32. The van der Waals surface area contributed by atoms with E-state index in [1.54, 1.807) is 12.1 Å². The van der Waals surface area contributed by atoms with Crippen molar-refractivity contribution in [1.82, 2.24) is 5.32 Å². The van der Waals surface area contributed by atoms with Gasteiger partial charge in [0, 0.05) is 18.4 Å². The van der Waals surface area contributed by atoms with E-state index in [1.807, 2.05) is 0 Å². The largest absolute Gasteiger partial charge is 0.479 e. The molecule has 0 saturated heterocycles. The Balaban J connectivity index is 2.67. The van der Waals surface area contributed by atoms with Gasteiger partial charge < -0.3 is 26.2 Å². The maximum Gasteiger partial charge on any atom is 0.334 e. The van der Waals surface area contributed by atoms with Crippen LogP contribution in [-0.4, -0.2) is 42.8 Å². The van der Waals surface area contributed by atoms with Gasteiger partial charge in [-0.1, -0.05) is 6.07 Å². The highest BCUT2D eigenvalue weighted by Gasteiger charge is 2.17. The Kier molecular flexibility index (Phi) is 5.48. The predicted octanol–water partition coefficient (Wildman–Crippen LogP) is 0.00660. The molecule has 0 aliphatic carbocycles. The topological polar surface area (TPSA) is 131 Å². The first-order valence-corrected chi connectivity index (χ1v) is 5.64. The van der Waals surface area contributed by atoms with Gasteiger partial charge in [0.2, 0.25) is 0 Å². The summed E-state index contributed by atoms with van der Waals surface area (Å²) in [5, 5.41) is 13.5. The van der Waals surface area contributed by atoms with Gasteiger partial charge >= 0.3 is 12.0 Å². The number of amides is 3. The molecule has 3 amide bonds. The van der Waals surface area contributed by atoms with Crippen LogP contribution >= 0.6 is 0 Å². The van der Waals surface area contributed by atoms with E-state index in [-0.39, 0.29) is 12.1 Å². The summed E-state index contributed by atoms with van der Waals surface area (Å²) in [7, 11) is 1.24. The molecule has 0 bridgehead atoms. The molecule has 1 aromatic rings. The molecular formula is C12H15N3O5. The minimum atomic E-state index is -1.17. The second kappa shape index (κ2) is 7.10. The minimum absolute atomic E-state index is 0.169. The summed E-state index contributed by atoms with van der Waals surface area (Å²) < 4.78 is 4.69. The number of hydrogen-bond donors (Lipinski definition) is 4. The molecule has 0 fully saturated rings.